The summed E-state index contributed by atoms with van der Waals surface area (Å²) in [5, 5.41) is 3.38. The average molecular weight is 290 g/mol. The summed E-state index contributed by atoms with van der Waals surface area (Å²) >= 11 is 0. The molecule has 2 fully saturated rings. The predicted molar refractivity (Wildman–Crippen MR) is 79.3 cm³/mol. The largest absolute Gasteiger partial charge is 0.497 e. The Morgan fingerprint density at radius 1 is 1.38 bits per heavy atom. The SMILES string of the molecule is COc1ccc(CN2CC(C3CCCNC3)OC2=O)cc1. The molecule has 2 atom stereocenters. The number of rotatable bonds is 4. The van der Waals surface area contributed by atoms with E-state index in [-0.39, 0.29) is 12.2 Å². The van der Waals surface area contributed by atoms with Crippen molar-refractivity contribution < 1.29 is 14.3 Å². The molecule has 0 aromatic heterocycles. The normalized spacial score (nSPS) is 25.8. The maximum atomic E-state index is 12.0. The van der Waals surface area contributed by atoms with Crippen LogP contribution in [0.25, 0.3) is 0 Å². The van der Waals surface area contributed by atoms with Crippen LogP contribution in [-0.4, -0.2) is 43.8 Å². The van der Waals surface area contributed by atoms with Gasteiger partial charge in [-0.1, -0.05) is 12.1 Å². The van der Waals surface area contributed by atoms with E-state index in [9.17, 15) is 4.79 Å². The second kappa shape index (κ2) is 6.35. The molecule has 5 nitrogen and oxygen atoms in total. The second-order valence-corrected chi connectivity index (χ2v) is 5.76. The highest BCUT2D eigenvalue weighted by Crippen LogP contribution is 2.25. The van der Waals surface area contributed by atoms with Gasteiger partial charge >= 0.3 is 6.09 Å². The molecule has 3 rings (SSSR count). The summed E-state index contributed by atoms with van der Waals surface area (Å²) in [5.41, 5.74) is 1.09. The summed E-state index contributed by atoms with van der Waals surface area (Å²) in [7, 11) is 1.65. The van der Waals surface area contributed by atoms with Crippen molar-refractivity contribution in [3.8, 4) is 5.75 Å². The van der Waals surface area contributed by atoms with E-state index in [0.29, 0.717) is 19.0 Å². The lowest BCUT2D eigenvalue weighted by atomic mass is 9.94. The van der Waals surface area contributed by atoms with Crippen LogP contribution in [0, 0.1) is 5.92 Å². The van der Waals surface area contributed by atoms with Gasteiger partial charge in [0.15, 0.2) is 0 Å². The van der Waals surface area contributed by atoms with Crippen LogP contribution in [0.2, 0.25) is 0 Å². The third kappa shape index (κ3) is 3.29. The van der Waals surface area contributed by atoms with E-state index in [4.69, 9.17) is 9.47 Å². The maximum Gasteiger partial charge on any atom is 0.410 e. The molecular weight excluding hydrogens is 268 g/mol. The molecule has 114 valence electrons. The molecule has 2 unspecified atom stereocenters. The number of hydrogen-bond donors (Lipinski definition) is 1. The zero-order chi connectivity index (χ0) is 14.7. The minimum Gasteiger partial charge on any atom is -0.497 e. The molecule has 0 spiro atoms. The Labute approximate surface area is 125 Å². The number of amides is 1. The first kappa shape index (κ1) is 14.2. The summed E-state index contributed by atoms with van der Waals surface area (Å²) in [6, 6.07) is 7.81. The number of cyclic esters (lactones) is 1. The van der Waals surface area contributed by atoms with Crippen LogP contribution in [0.3, 0.4) is 0 Å². The third-order valence-corrected chi connectivity index (χ3v) is 4.30. The molecule has 5 heteroatoms. The van der Waals surface area contributed by atoms with Crippen molar-refractivity contribution in [2.75, 3.05) is 26.7 Å². The first-order valence-electron chi connectivity index (χ1n) is 7.55. The van der Waals surface area contributed by atoms with Crippen molar-refractivity contribution in [2.24, 2.45) is 5.92 Å². The minimum absolute atomic E-state index is 0.0311. The zero-order valence-corrected chi connectivity index (χ0v) is 12.4. The molecule has 2 aliphatic heterocycles. The van der Waals surface area contributed by atoms with Crippen LogP contribution in [0.1, 0.15) is 18.4 Å². The second-order valence-electron chi connectivity index (χ2n) is 5.76. The van der Waals surface area contributed by atoms with Crippen molar-refractivity contribution >= 4 is 6.09 Å². The van der Waals surface area contributed by atoms with Gasteiger partial charge in [0.2, 0.25) is 0 Å². The molecule has 2 aliphatic rings. The number of carbonyl (C=O) groups excluding carboxylic acids is 1. The number of carbonyl (C=O) groups is 1. The van der Waals surface area contributed by atoms with Gasteiger partial charge < -0.3 is 19.7 Å². The van der Waals surface area contributed by atoms with Crippen LogP contribution >= 0.6 is 0 Å². The van der Waals surface area contributed by atoms with E-state index in [0.717, 1.165) is 37.2 Å². The molecule has 0 radical (unpaired) electrons. The van der Waals surface area contributed by atoms with Gasteiger partial charge in [-0.15, -0.1) is 0 Å². The zero-order valence-electron chi connectivity index (χ0n) is 12.4. The maximum absolute atomic E-state index is 12.0. The molecular formula is C16H22N2O3. The number of hydrogen-bond acceptors (Lipinski definition) is 4. The van der Waals surface area contributed by atoms with Crippen LogP contribution in [-0.2, 0) is 11.3 Å². The molecule has 21 heavy (non-hydrogen) atoms. The topological polar surface area (TPSA) is 50.8 Å². The average Bonchev–Trinajstić information content (AvgIpc) is 2.90. The van der Waals surface area contributed by atoms with Crippen LogP contribution in [0.4, 0.5) is 4.79 Å². The van der Waals surface area contributed by atoms with Crippen LogP contribution in [0.5, 0.6) is 5.75 Å². The van der Waals surface area contributed by atoms with Gasteiger partial charge in [0.25, 0.3) is 0 Å². The van der Waals surface area contributed by atoms with E-state index in [1.54, 1.807) is 12.0 Å². The Kier molecular flexibility index (Phi) is 4.29. The fourth-order valence-corrected chi connectivity index (χ4v) is 3.05. The smallest absolute Gasteiger partial charge is 0.410 e. The quantitative estimate of drug-likeness (QED) is 0.921. The third-order valence-electron chi connectivity index (χ3n) is 4.30. The summed E-state index contributed by atoms with van der Waals surface area (Å²) in [5.74, 6) is 1.28. The lowest BCUT2D eigenvalue weighted by molar-refractivity contribution is 0.0926. The lowest BCUT2D eigenvalue weighted by Gasteiger charge is -2.26. The summed E-state index contributed by atoms with van der Waals surface area (Å²) < 4.78 is 10.7. The number of nitrogens with zero attached hydrogens (tertiary/aromatic N) is 1. The first-order chi connectivity index (χ1) is 10.3. The molecule has 0 saturated carbocycles. The van der Waals surface area contributed by atoms with E-state index in [1.807, 2.05) is 24.3 Å². The van der Waals surface area contributed by atoms with E-state index < -0.39 is 0 Å². The lowest BCUT2D eigenvalue weighted by Crippen LogP contribution is -2.38. The highest BCUT2D eigenvalue weighted by Gasteiger charge is 2.36. The Morgan fingerprint density at radius 3 is 2.86 bits per heavy atom. The summed E-state index contributed by atoms with van der Waals surface area (Å²) in [6.45, 7) is 3.32. The van der Waals surface area contributed by atoms with Gasteiger partial charge in [0.1, 0.15) is 11.9 Å². The fourth-order valence-electron chi connectivity index (χ4n) is 3.05. The Hall–Kier alpha value is -1.75. The Balaban J connectivity index is 1.59. The predicted octanol–water partition coefficient (Wildman–Crippen LogP) is 2.02. The van der Waals surface area contributed by atoms with E-state index >= 15 is 0 Å². The van der Waals surface area contributed by atoms with Gasteiger partial charge in [-0.05, 0) is 37.1 Å². The van der Waals surface area contributed by atoms with Gasteiger partial charge in [-0.25, -0.2) is 4.79 Å². The molecule has 2 saturated heterocycles. The van der Waals surface area contributed by atoms with Crippen molar-refractivity contribution in [3.05, 3.63) is 29.8 Å². The van der Waals surface area contributed by atoms with Crippen LogP contribution in [0.15, 0.2) is 24.3 Å². The minimum atomic E-state index is -0.193. The molecule has 1 N–H and O–H groups in total. The van der Waals surface area contributed by atoms with Crippen molar-refractivity contribution in [1.29, 1.82) is 0 Å². The molecule has 0 bridgehead atoms. The van der Waals surface area contributed by atoms with Crippen molar-refractivity contribution in [3.63, 3.8) is 0 Å². The molecule has 1 amide bonds. The van der Waals surface area contributed by atoms with Crippen molar-refractivity contribution in [1.82, 2.24) is 10.2 Å². The van der Waals surface area contributed by atoms with E-state index in [2.05, 4.69) is 5.32 Å². The summed E-state index contributed by atoms with van der Waals surface area (Å²) in [6.07, 6.45) is 2.14. The summed E-state index contributed by atoms with van der Waals surface area (Å²) in [4.78, 5) is 13.8. The number of methoxy groups -OCH3 is 1. The van der Waals surface area contributed by atoms with Gasteiger partial charge in [-0.2, -0.15) is 0 Å². The molecule has 0 aliphatic carbocycles. The van der Waals surface area contributed by atoms with Gasteiger partial charge in [0, 0.05) is 19.0 Å². The van der Waals surface area contributed by atoms with Gasteiger partial charge in [-0.3, -0.25) is 0 Å². The fraction of sp³-hybridized carbons (Fsp3) is 0.562. The molecule has 1 aromatic carbocycles. The van der Waals surface area contributed by atoms with Gasteiger partial charge in [0.05, 0.1) is 13.7 Å². The number of nitrogens with one attached hydrogen (secondary N) is 1. The monoisotopic (exact) mass is 290 g/mol. The standard InChI is InChI=1S/C16H22N2O3/c1-20-14-6-4-12(5-7-14)10-18-11-15(21-16(18)19)13-3-2-8-17-9-13/h4-7,13,15,17H,2-3,8-11H2,1H3. The number of piperidine rings is 1. The van der Waals surface area contributed by atoms with Crippen molar-refractivity contribution in [2.45, 2.75) is 25.5 Å². The molecule has 2 heterocycles. The Morgan fingerprint density at radius 2 is 2.19 bits per heavy atom. The Bertz CT molecular complexity index is 483. The highest BCUT2D eigenvalue weighted by atomic mass is 16.6. The highest BCUT2D eigenvalue weighted by molar-refractivity contribution is 5.70. The molecule has 1 aromatic rings. The van der Waals surface area contributed by atoms with E-state index in [1.165, 1.54) is 0 Å². The van der Waals surface area contributed by atoms with Crippen LogP contribution < -0.4 is 10.1 Å². The number of ether oxygens (including phenoxy) is 2. The number of benzene rings is 1. The first-order valence-corrected chi connectivity index (χ1v) is 7.55.